The van der Waals surface area contributed by atoms with Crippen molar-refractivity contribution >= 4 is 16.0 Å². The van der Waals surface area contributed by atoms with Crippen LogP contribution in [0, 0.1) is 11.3 Å². The molecular weight excluding hydrogens is 324 g/mol. The average molecular weight is 357 g/mol. The molecule has 0 atom stereocenters. The standard InChI is InChI=1S/C17H32N4O2S/c1-18-16(20-12-9-17(14-20)7-3-4-8-17)19-13-15-5-10-21(11-6-15)24(2,22)23/h15H,3-14H2,1-2H3,(H,18,19). The largest absolute Gasteiger partial charge is 0.356 e. The Balaban J connectivity index is 1.46. The maximum absolute atomic E-state index is 11.6. The van der Waals surface area contributed by atoms with Crippen molar-refractivity contribution in [3.05, 3.63) is 0 Å². The van der Waals surface area contributed by atoms with E-state index in [1.165, 1.54) is 38.4 Å². The van der Waals surface area contributed by atoms with Gasteiger partial charge in [-0.2, -0.15) is 0 Å². The Morgan fingerprint density at radius 2 is 1.83 bits per heavy atom. The number of aliphatic imine (C=N–C) groups is 1. The first-order valence-electron chi connectivity index (χ1n) is 9.33. The lowest BCUT2D eigenvalue weighted by Crippen LogP contribution is -2.45. The van der Waals surface area contributed by atoms with Crippen molar-refractivity contribution in [2.45, 2.75) is 44.9 Å². The smallest absolute Gasteiger partial charge is 0.211 e. The monoisotopic (exact) mass is 356 g/mol. The molecule has 0 unspecified atom stereocenters. The van der Waals surface area contributed by atoms with Gasteiger partial charge in [-0.05, 0) is 43.4 Å². The maximum atomic E-state index is 11.6. The summed E-state index contributed by atoms with van der Waals surface area (Å²) in [6.45, 7) is 4.46. The molecule has 1 saturated carbocycles. The van der Waals surface area contributed by atoms with E-state index in [0.29, 0.717) is 24.4 Å². The van der Waals surface area contributed by atoms with Gasteiger partial charge in [-0.25, -0.2) is 12.7 Å². The minimum atomic E-state index is -3.03. The molecule has 2 saturated heterocycles. The van der Waals surface area contributed by atoms with Crippen molar-refractivity contribution in [1.82, 2.24) is 14.5 Å². The molecule has 3 rings (SSSR count). The summed E-state index contributed by atoms with van der Waals surface area (Å²) in [5, 5.41) is 3.55. The zero-order valence-electron chi connectivity index (χ0n) is 15.1. The van der Waals surface area contributed by atoms with E-state index in [9.17, 15) is 8.42 Å². The Kier molecular flexibility index (Phi) is 5.39. The molecule has 3 aliphatic rings. The number of nitrogens with one attached hydrogen (secondary N) is 1. The third-order valence-electron chi connectivity index (χ3n) is 6.21. The van der Waals surface area contributed by atoms with Crippen LogP contribution in [0.4, 0.5) is 0 Å². The first kappa shape index (κ1) is 18.0. The topological polar surface area (TPSA) is 65.0 Å². The van der Waals surface area contributed by atoms with Crippen LogP contribution in [0.15, 0.2) is 4.99 Å². The van der Waals surface area contributed by atoms with Crippen LogP contribution < -0.4 is 5.32 Å². The van der Waals surface area contributed by atoms with E-state index in [2.05, 4.69) is 15.2 Å². The van der Waals surface area contributed by atoms with Crippen molar-refractivity contribution in [1.29, 1.82) is 0 Å². The van der Waals surface area contributed by atoms with Crippen molar-refractivity contribution in [2.24, 2.45) is 16.3 Å². The Bertz CT molecular complexity index is 561. The van der Waals surface area contributed by atoms with Gasteiger partial charge in [0, 0.05) is 39.8 Å². The fraction of sp³-hybridized carbons (Fsp3) is 0.941. The summed E-state index contributed by atoms with van der Waals surface area (Å²) in [5.74, 6) is 1.56. The molecule has 2 heterocycles. The fourth-order valence-corrected chi connectivity index (χ4v) is 5.54. The number of sulfonamides is 1. The summed E-state index contributed by atoms with van der Waals surface area (Å²) in [4.78, 5) is 6.92. The molecule has 1 aliphatic carbocycles. The van der Waals surface area contributed by atoms with Crippen molar-refractivity contribution < 1.29 is 8.42 Å². The zero-order chi connectivity index (χ0) is 17.2. The molecular formula is C17H32N4O2S. The maximum Gasteiger partial charge on any atom is 0.211 e. The Hall–Kier alpha value is -0.820. The first-order chi connectivity index (χ1) is 11.4. The molecule has 0 radical (unpaired) electrons. The van der Waals surface area contributed by atoms with E-state index in [0.717, 1.165) is 38.4 Å². The predicted octanol–water partition coefficient (Wildman–Crippen LogP) is 1.50. The van der Waals surface area contributed by atoms with Gasteiger partial charge in [0.15, 0.2) is 5.96 Å². The summed E-state index contributed by atoms with van der Waals surface area (Å²) in [5.41, 5.74) is 0.554. The molecule has 1 spiro atoms. The minimum Gasteiger partial charge on any atom is -0.356 e. The van der Waals surface area contributed by atoms with E-state index >= 15 is 0 Å². The van der Waals surface area contributed by atoms with E-state index in [1.54, 1.807) is 4.31 Å². The Labute approximate surface area is 146 Å². The number of hydrogen-bond acceptors (Lipinski definition) is 3. The van der Waals surface area contributed by atoms with Gasteiger partial charge in [0.05, 0.1) is 6.26 Å². The van der Waals surface area contributed by atoms with Crippen molar-refractivity contribution in [3.63, 3.8) is 0 Å². The summed E-state index contributed by atoms with van der Waals surface area (Å²) in [6, 6.07) is 0. The number of likely N-dealkylation sites (tertiary alicyclic amines) is 1. The molecule has 7 heteroatoms. The van der Waals surface area contributed by atoms with Gasteiger partial charge in [-0.15, -0.1) is 0 Å². The number of hydrogen-bond donors (Lipinski definition) is 1. The number of guanidine groups is 1. The van der Waals surface area contributed by atoms with E-state index < -0.39 is 10.0 Å². The van der Waals surface area contributed by atoms with E-state index in [-0.39, 0.29) is 0 Å². The molecule has 24 heavy (non-hydrogen) atoms. The number of nitrogens with zero attached hydrogens (tertiary/aromatic N) is 3. The van der Waals surface area contributed by atoms with Crippen molar-refractivity contribution in [2.75, 3.05) is 46.0 Å². The van der Waals surface area contributed by atoms with E-state index in [4.69, 9.17) is 0 Å². The summed E-state index contributed by atoms with van der Waals surface area (Å²) in [6.07, 6.45) is 10.0. The van der Waals surface area contributed by atoms with Crippen LogP contribution in [0.3, 0.4) is 0 Å². The highest BCUT2D eigenvalue weighted by Crippen LogP contribution is 2.45. The lowest BCUT2D eigenvalue weighted by atomic mass is 9.86. The van der Waals surface area contributed by atoms with Crippen LogP contribution >= 0.6 is 0 Å². The highest BCUT2D eigenvalue weighted by atomic mass is 32.2. The lowest BCUT2D eigenvalue weighted by molar-refractivity contribution is 0.271. The lowest BCUT2D eigenvalue weighted by Gasteiger charge is -2.31. The first-order valence-corrected chi connectivity index (χ1v) is 11.2. The van der Waals surface area contributed by atoms with Gasteiger partial charge < -0.3 is 10.2 Å². The Morgan fingerprint density at radius 1 is 1.17 bits per heavy atom. The van der Waals surface area contributed by atoms with Crippen LogP contribution in [0.1, 0.15) is 44.9 Å². The van der Waals surface area contributed by atoms with Crippen LogP contribution in [0.2, 0.25) is 0 Å². The molecule has 2 aliphatic heterocycles. The van der Waals surface area contributed by atoms with Gasteiger partial charge in [-0.3, -0.25) is 4.99 Å². The molecule has 6 nitrogen and oxygen atoms in total. The Morgan fingerprint density at radius 3 is 2.42 bits per heavy atom. The van der Waals surface area contributed by atoms with Gasteiger partial charge in [-0.1, -0.05) is 12.8 Å². The molecule has 0 amide bonds. The average Bonchev–Trinajstić information content (AvgIpc) is 3.18. The minimum absolute atomic E-state index is 0.530. The number of piperidine rings is 1. The van der Waals surface area contributed by atoms with Gasteiger partial charge in [0.25, 0.3) is 0 Å². The molecule has 138 valence electrons. The van der Waals surface area contributed by atoms with Crippen LogP contribution in [-0.4, -0.2) is 69.6 Å². The second kappa shape index (κ2) is 7.20. The third kappa shape index (κ3) is 4.04. The molecule has 0 bridgehead atoms. The molecule has 0 aromatic heterocycles. The summed E-state index contributed by atoms with van der Waals surface area (Å²) in [7, 11) is -1.16. The fourth-order valence-electron chi connectivity index (χ4n) is 4.66. The highest BCUT2D eigenvalue weighted by molar-refractivity contribution is 7.88. The SMILES string of the molecule is CN=C(NCC1CCN(S(C)(=O)=O)CC1)N1CCC2(CCCC2)C1. The second-order valence-corrected chi connectivity index (χ2v) is 9.89. The molecule has 0 aromatic carbocycles. The predicted molar refractivity (Wildman–Crippen MR) is 97.6 cm³/mol. The highest BCUT2D eigenvalue weighted by Gasteiger charge is 2.41. The zero-order valence-corrected chi connectivity index (χ0v) is 15.9. The van der Waals surface area contributed by atoms with Crippen molar-refractivity contribution in [3.8, 4) is 0 Å². The quantitative estimate of drug-likeness (QED) is 0.615. The van der Waals surface area contributed by atoms with Crippen LogP contribution in [0.25, 0.3) is 0 Å². The van der Waals surface area contributed by atoms with Crippen LogP contribution in [0.5, 0.6) is 0 Å². The molecule has 0 aromatic rings. The summed E-state index contributed by atoms with van der Waals surface area (Å²) < 4.78 is 24.8. The van der Waals surface area contributed by atoms with Gasteiger partial charge in [0.1, 0.15) is 0 Å². The number of rotatable bonds is 3. The summed E-state index contributed by atoms with van der Waals surface area (Å²) >= 11 is 0. The normalized spacial score (nSPS) is 26.4. The molecule has 1 N–H and O–H groups in total. The van der Waals surface area contributed by atoms with E-state index in [1.807, 2.05) is 7.05 Å². The third-order valence-corrected chi connectivity index (χ3v) is 7.51. The second-order valence-electron chi connectivity index (χ2n) is 7.91. The van der Waals surface area contributed by atoms with Gasteiger partial charge >= 0.3 is 0 Å². The van der Waals surface area contributed by atoms with Gasteiger partial charge in [0.2, 0.25) is 10.0 Å². The molecule has 3 fully saturated rings. The van der Waals surface area contributed by atoms with Crippen LogP contribution in [-0.2, 0) is 10.0 Å².